The van der Waals surface area contributed by atoms with Gasteiger partial charge in [0.25, 0.3) is 0 Å². The SMILES string of the molecule is COC(=O)N(Cc1cccc(-c2ccc(N3CCN(C)CC3)c(NC(=O)Cc3ccccc3)c2)c1)C1CCC(N)CC1. The van der Waals surface area contributed by atoms with Crippen LogP contribution < -0.4 is 16.0 Å². The van der Waals surface area contributed by atoms with Crippen LogP contribution in [0.15, 0.2) is 72.8 Å². The zero-order valence-electron chi connectivity index (χ0n) is 24.8. The smallest absolute Gasteiger partial charge is 0.410 e. The van der Waals surface area contributed by atoms with Gasteiger partial charge in [0.05, 0.1) is 24.9 Å². The number of rotatable bonds is 8. The molecule has 8 nitrogen and oxygen atoms in total. The van der Waals surface area contributed by atoms with Crippen LogP contribution in [0.2, 0.25) is 0 Å². The minimum atomic E-state index is -0.305. The number of amides is 2. The summed E-state index contributed by atoms with van der Waals surface area (Å²) >= 11 is 0. The minimum absolute atomic E-state index is 0.0385. The van der Waals surface area contributed by atoms with Crippen LogP contribution in [0.25, 0.3) is 11.1 Å². The van der Waals surface area contributed by atoms with Crippen LogP contribution in [0.4, 0.5) is 16.2 Å². The number of likely N-dealkylation sites (N-methyl/N-ethyl adjacent to an activating group) is 1. The highest BCUT2D eigenvalue weighted by Crippen LogP contribution is 2.33. The number of carbonyl (C=O) groups excluding carboxylic acids is 2. The molecule has 1 aliphatic carbocycles. The molecule has 0 bridgehead atoms. The number of hydrogen-bond donors (Lipinski definition) is 2. The van der Waals surface area contributed by atoms with E-state index in [0.29, 0.717) is 13.0 Å². The average Bonchev–Trinajstić information content (AvgIpc) is 3.01. The van der Waals surface area contributed by atoms with Crippen LogP contribution in [0, 0.1) is 0 Å². The summed E-state index contributed by atoms with van der Waals surface area (Å²) in [5.74, 6) is -0.0385. The standard InChI is InChI=1S/C34H43N5O3/c1-37-17-19-38(20-18-37)32-16-11-28(23-31(32)36-33(40)22-25-7-4-3-5-8-25)27-10-6-9-26(21-27)24-39(34(41)42-2)30-14-12-29(35)13-15-30/h3-11,16,21,23,29-30H,12-15,17-20,22,24,35H2,1-2H3,(H,36,40). The molecular formula is C34H43N5O3. The third kappa shape index (κ3) is 7.49. The molecule has 5 rings (SSSR count). The van der Waals surface area contributed by atoms with Gasteiger partial charge in [-0.25, -0.2) is 4.79 Å². The second-order valence-corrected chi connectivity index (χ2v) is 11.6. The Hall–Kier alpha value is -3.88. The summed E-state index contributed by atoms with van der Waals surface area (Å²) in [6, 6.07) is 24.8. The van der Waals surface area contributed by atoms with Gasteiger partial charge >= 0.3 is 6.09 Å². The first-order valence-corrected chi connectivity index (χ1v) is 15.0. The number of piperazine rings is 1. The Morgan fingerprint density at radius 2 is 1.57 bits per heavy atom. The molecule has 8 heteroatoms. The Labute approximate surface area is 249 Å². The lowest BCUT2D eigenvalue weighted by Gasteiger charge is -2.35. The van der Waals surface area contributed by atoms with Crippen LogP contribution in [0.3, 0.4) is 0 Å². The summed E-state index contributed by atoms with van der Waals surface area (Å²) in [5.41, 5.74) is 12.0. The number of carbonyl (C=O) groups is 2. The monoisotopic (exact) mass is 569 g/mol. The van der Waals surface area contributed by atoms with Crippen molar-refractivity contribution in [3.05, 3.63) is 83.9 Å². The highest BCUT2D eigenvalue weighted by Gasteiger charge is 2.28. The van der Waals surface area contributed by atoms with Crippen molar-refractivity contribution >= 4 is 23.4 Å². The van der Waals surface area contributed by atoms with Gasteiger partial charge in [0.2, 0.25) is 5.91 Å². The van der Waals surface area contributed by atoms with Gasteiger partial charge in [-0.2, -0.15) is 0 Å². The summed E-state index contributed by atoms with van der Waals surface area (Å²) < 4.78 is 5.16. The van der Waals surface area contributed by atoms with E-state index in [0.717, 1.165) is 85.5 Å². The summed E-state index contributed by atoms with van der Waals surface area (Å²) in [5, 5.41) is 3.22. The molecule has 222 valence electrons. The lowest BCUT2D eigenvalue weighted by molar-refractivity contribution is -0.115. The minimum Gasteiger partial charge on any atom is -0.453 e. The number of benzene rings is 3. The van der Waals surface area contributed by atoms with Crippen LogP contribution in [-0.2, 0) is 22.5 Å². The second-order valence-electron chi connectivity index (χ2n) is 11.6. The van der Waals surface area contributed by atoms with Crippen molar-refractivity contribution in [1.29, 1.82) is 0 Å². The molecule has 1 aliphatic heterocycles. The van der Waals surface area contributed by atoms with Gasteiger partial charge in [-0.3, -0.25) is 4.79 Å². The number of nitrogens with zero attached hydrogens (tertiary/aromatic N) is 3. The van der Waals surface area contributed by atoms with Crippen molar-refractivity contribution in [2.45, 2.75) is 50.7 Å². The fourth-order valence-electron chi connectivity index (χ4n) is 6.03. The average molecular weight is 570 g/mol. The maximum absolute atomic E-state index is 13.2. The van der Waals surface area contributed by atoms with E-state index in [1.54, 1.807) is 0 Å². The van der Waals surface area contributed by atoms with E-state index in [4.69, 9.17) is 10.5 Å². The van der Waals surface area contributed by atoms with Gasteiger partial charge < -0.3 is 30.5 Å². The molecule has 0 spiro atoms. The van der Waals surface area contributed by atoms with Gasteiger partial charge in [0.1, 0.15) is 0 Å². The highest BCUT2D eigenvalue weighted by molar-refractivity contribution is 5.96. The molecule has 42 heavy (non-hydrogen) atoms. The first-order chi connectivity index (χ1) is 20.4. The van der Waals surface area contributed by atoms with Gasteiger partial charge in [-0.1, -0.05) is 54.6 Å². The number of ether oxygens (including phenoxy) is 1. The number of nitrogens with one attached hydrogen (secondary N) is 1. The Morgan fingerprint density at radius 1 is 0.881 bits per heavy atom. The van der Waals surface area contributed by atoms with Crippen LogP contribution in [-0.4, -0.2) is 74.2 Å². The first kappa shape index (κ1) is 29.6. The molecule has 3 aromatic carbocycles. The molecule has 2 aliphatic rings. The quantitative estimate of drug-likeness (QED) is 0.391. The Bertz CT molecular complexity index is 1350. The Balaban J connectivity index is 1.39. The first-order valence-electron chi connectivity index (χ1n) is 15.0. The molecular weight excluding hydrogens is 526 g/mol. The Morgan fingerprint density at radius 3 is 2.29 bits per heavy atom. The molecule has 0 unspecified atom stereocenters. The van der Waals surface area contributed by atoms with Crippen molar-refractivity contribution in [3.63, 3.8) is 0 Å². The largest absolute Gasteiger partial charge is 0.453 e. The van der Waals surface area contributed by atoms with E-state index in [-0.39, 0.29) is 24.1 Å². The Kier molecular flexibility index (Phi) is 9.77. The van der Waals surface area contributed by atoms with E-state index in [2.05, 4.69) is 58.6 Å². The second kappa shape index (κ2) is 13.9. The van der Waals surface area contributed by atoms with Gasteiger partial charge in [0, 0.05) is 44.8 Å². The van der Waals surface area contributed by atoms with Gasteiger partial charge in [0.15, 0.2) is 0 Å². The van der Waals surface area contributed by atoms with Crippen molar-refractivity contribution in [3.8, 4) is 11.1 Å². The van der Waals surface area contributed by atoms with Crippen molar-refractivity contribution < 1.29 is 14.3 Å². The van der Waals surface area contributed by atoms with Gasteiger partial charge in [-0.05, 0) is 73.2 Å². The van der Waals surface area contributed by atoms with Crippen LogP contribution >= 0.6 is 0 Å². The third-order valence-corrected chi connectivity index (χ3v) is 8.53. The van der Waals surface area contributed by atoms with Crippen molar-refractivity contribution in [2.24, 2.45) is 5.73 Å². The van der Waals surface area contributed by atoms with E-state index >= 15 is 0 Å². The van der Waals surface area contributed by atoms with E-state index in [9.17, 15) is 9.59 Å². The molecule has 3 aromatic rings. The number of hydrogen-bond acceptors (Lipinski definition) is 6. The zero-order chi connectivity index (χ0) is 29.5. The van der Waals surface area contributed by atoms with Crippen LogP contribution in [0.1, 0.15) is 36.8 Å². The molecule has 0 aromatic heterocycles. The predicted octanol–water partition coefficient (Wildman–Crippen LogP) is 5.12. The molecule has 1 saturated carbocycles. The maximum atomic E-state index is 13.2. The normalized spacial score (nSPS) is 19.3. The number of nitrogens with two attached hydrogens (primary N) is 1. The topological polar surface area (TPSA) is 91.1 Å². The molecule has 0 radical (unpaired) electrons. The summed E-state index contributed by atoms with van der Waals surface area (Å²) in [6.07, 6.45) is 3.61. The number of methoxy groups -OCH3 is 1. The van der Waals surface area contributed by atoms with Crippen molar-refractivity contribution in [2.75, 3.05) is 50.6 Å². The van der Waals surface area contributed by atoms with Crippen LogP contribution in [0.5, 0.6) is 0 Å². The van der Waals surface area contributed by atoms with E-state index in [1.165, 1.54) is 7.11 Å². The molecule has 2 fully saturated rings. The van der Waals surface area contributed by atoms with E-state index < -0.39 is 0 Å². The van der Waals surface area contributed by atoms with Gasteiger partial charge in [-0.15, -0.1) is 0 Å². The summed E-state index contributed by atoms with van der Waals surface area (Å²) in [7, 11) is 3.58. The molecule has 1 heterocycles. The zero-order valence-corrected chi connectivity index (χ0v) is 24.8. The molecule has 1 saturated heterocycles. The van der Waals surface area contributed by atoms with Crippen molar-refractivity contribution in [1.82, 2.24) is 9.80 Å². The fraction of sp³-hybridized carbons (Fsp3) is 0.412. The summed E-state index contributed by atoms with van der Waals surface area (Å²) in [4.78, 5) is 32.4. The third-order valence-electron chi connectivity index (χ3n) is 8.53. The maximum Gasteiger partial charge on any atom is 0.410 e. The number of anilines is 2. The molecule has 2 amide bonds. The molecule has 3 N–H and O–H groups in total. The van der Waals surface area contributed by atoms with E-state index in [1.807, 2.05) is 41.3 Å². The fourth-order valence-corrected chi connectivity index (χ4v) is 6.03. The lowest BCUT2D eigenvalue weighted by Crippen LogP contribution is -2.44. The predicted molar refractivity (Wildman–Crippen MR) is 169 cm³/mol. The highest BCUT2D eigenvalue weighted by atomic mass is 16.5. The molecule has 0 atom stereocenters. The summed E-state index contributed by atoms with van der Waals surface area (Å²) in [6.45, 7) is 4.24. The lowest BCUT2D eigenvalue weighted by atomic mass is 9.90.